The number of amides is 1. The summed E-state index contributed by atoms with van der Waals surface area (Å²) in [5.74, 6) is 1.44. The van der Waals surface area contributed by atoms with Crippen LogP contribution in [0.25, 0.3) is 0 Å². The number of rotatable bonds is 5. The number of ether oxygens (including phenoxy) is 2. The van der Waals surface area contributed by atoms with E-state index in [9.17, 15) is 4.79 Å². The normalized spacial score (nSPS) is 23.9. The molecule has 4 nitrogen and oxygen atoms in total. The van der Waals surface area contributed by atoms with Gasteiger partial charge in [0.15, 0.2) is 0 Å². The molecule has 2 aliphatic rings. The minimum absolute atomic E-state index is 0.216. The Kier molecular flexibility index (Phi) is 5.56. The van der Waals surface area contributed by atoms with Gasteiger partial charge in [0.05, 0.1) is 13.2 Å². The van der Waals surface area contributed by atoms with Crippen LogP contribution >= 0.6 is 0 Å². The highest BCUT2D eigenvalue weighted by Gasteiger charge is 2.32. The van der Waals surface area contributed by atoms with Gasteiger partial charge in [-0.1, -0.05) is 18.2 Å². The van der Waals surface area contributed by atoms with Gasteiger partial charge >= 0.3 is 0 Å². The third kappa shape index (κ3) is 3.81. The van der Waals surface area contributed by atoms with Gasteiger partial charge in [0, 0.05) is 31.7 Å². The zero-order chi connectivity index (χ0) is 16.9. The predicted molar refractivity (Wildman–Crippen MR) is 94.1 cm³/mol. The van der Waals surface area contributed by atoms with E-state index in [1.54, 1.807) is 14.2 Å². The van der Waals surface area contributed by atoms with Gasteiger partial charge in [0.25, 0.3) is 0 Å². The number of carbonyl (C=O) groups is 1. The number of allylic oxidation sites excluding steroid dienone is 1. The Morgan fingerprint density at radius 1 is 1.25 bits per heavy atom. The van der Waals surface area contributed by atoms with E-state index in [0.29, 0.717) is 5.92 Å². The van der Waals surface area contributed by atoms with Crippen LogP contribution in [0.15, 0.2) is 35.9 Å². The van der Waals surface area contributed by atoms with Gasteiger partial charge in [0.2, 0.25) is 5.91 Å². The molecule has 0 bridgehead atoms. The number of hydrogen-bond acceptors (Lipinski definition) is 3. The summed E-state index contributed by atoms with van der Waals surface area (Å²) < 4.78 is 10.9. The Bertz CT molecular complexity index is 593. The summed E-state index contributed by atoms with van der Waals surface area (Å²) in [4.78, 5) is 14.7. The summed E-state index contributed by atoms with van der Waals surface area (Å²) in [5.41, 5.74) is 2.27. The molecule has 1 aliphatic heterocycles. The fourth-order valence-corrected chi connectivity index (χ4v) is 3.83. The van der Waals surface area contributed by atoms with Crippen molar-refractivity contribution in [1.82, 2.24) is 4.90 Å². The van der Waals surface area contributed by atoms with Crippen LogP contribution in [0.2, 0.25) is 0 Å². The molecule has 0 spiro atoms. The third-order valence-corrected chi connectivity index (χ3v) is 5.23. The van der Waals surface area contributed by atoms with Gasteiger partial charge < -0.3 is 14.4 Å². The fraction of sp³-hybridized carbons (Fsp3) is 0.550. The topological polar surface area (TPSA) is 38.8 Å². The smallest absolute Gasteiger partial charge is 0.249 e. The van der Waals surface area contributed by atoms with Crippen LogP contribution in [-0.2, 0) is 16.0 Å². The molecule has 1 fully saturated rings. The molecular formula is C20H27NO3. The van der Waals surface area contributed by atoms with Crippen molar-refractivity contribution >= 4 is 5.91 Å². The summed E-state index contributed by atoms with van der Waals surface area (Å²) in [6.07, 6.45) is 7.26. The number of benzene rings is 1. The van der Waals surface area contributed by atoms with Gasteiger partial charge in [-0.05, 0) is 49.8 Å². The minimum atomic E-state index is 0.216. The summed E-state index contributed by atoms with van der Waals surface area (Å²) in [6.45, 7) is 1.58. The van der Waals surface area contributed by atoms with Crippen LogP contribution < -0.4 is 4.74 Å². The summed E-state index contributed by atoms with van der Waals surface area (Å²) in [7, 11) is 3.46. The maximum Gasteiger partial charge on any atom is 0.249 e. The Labute approximate surface area is 144 Å². The first-order chi connectivity index (χ1) is 11.7. The molecule has 0 radical (unpaired) electrons. The van der Waals surface area contributed by atoms with Crippen LogP contribution in [0.5, 0.6) is 5.75 Å². The van der Waals surface area contributed by atoms with E-state index in [0.717, 1.165) is 56.5 Å². The van der Waals surface area contributed by atoms with Crippen molar-refractivity contribution in [2.24, 2.45) is 5.92 Å². The molecule has 1 aliphatic carbocycles. The first-order valence-electron chi connectivity index (χ1n) is 8.85. The van der Waals surface area contributed by atoms with E-state index in [1.165, 1.54) is 5.56 Å². The first kappa shape index (κ1) is 17.0. The van der Waals surface area contributed by atoms with Crippen LogP contribution in [0.4, 0.5) is 0 Å². The quantitative estimate of drug-likeness (QED) is 0.832. The van der Waals surface area contributed by atoms with Gasteiger partial charge in [-0.25, -0.2) is 0 Å². The maximum absolute atomic E-state index is 12.7. The first-order valence-corrected chi connectivity index (χ1v) is 8.85. The van der Waals surface area contributed by atoms with Crippen molar-refractivity contribution in [3.8, 4) is 5.75 Å². The molecule has 0 N–H and O–H groups in total. The highest BCUT2D eigenvalue weighted by atomic mass is 16.5. The molecule has 0 unspecified atom stereocenters. The monoisotopic (exact) mass is 329 g/mol. The average Bonchev–Trinajstić information content (AvgIpc) is 3.16. The van der Waals surface area contributed by atoms with Gasteiger partial charge in [-0.3, -0.25) is 4.79 Å². The molecule has 24 heavy (non-hydrogen) atoms. The molecule has 4 heteroatoms. The number of carbonyl (C=O) groups excluding carboxylic acids is 1. The average molecular weight is 329 g/mol. The molecule has 130 valence electrons. The van der Waals surface area contributed by atoms with Crippen molar-refractivity contribution in [3.05, 3.63) is 41.5 Å². The van der Waals surface area contributed by atoms with Gasteiger partial charge in [-0.15, -0.1) is 0 Å². The number of likely N-dealkylation sites (tertiary alicyclic amines) is 1. The molecule has 3 rings (SSSR count). The summed E-state index contributed by atoms with van der Waals surface area (Å²) in [5, 5.41) is 0. The second-order valence-electron chi connectivity index (χ2n) is 6.75. The maximum atomic E-state index is 12.7. The van der Waals surface area contributed by atoms with E-state index in [2.05, 4.69) is 18.2 Å². The highest BCUT2D eigenvalue weighted by molar-refractivity contribution is 5.93. The van der Waals surface area contributed by atoms with Crippen molar-refractivity contribution in [2.45, 2.75) is 38.2 Å². The largest absolute Gasteiger partial charge is 0.497 e. The number of piperidine rings is 1. The minimum Gasteiger partial charge on any atom is -0.497 e. The highest BCUT2D eigenvalue weighted by Crippen LogP contribution is 2.27. The molecule has 1 aromatic rings. The van der Waals surface area contributed by atoms with Crippen molar-refractivity contribution < 1.29 is 14.3 Å². The lowest BCUT2D eigenvalue weighted by molar-refractivity contribution is -0.131. The van der Waals surface area contributed by atoms with Crippen LogP contribution in [-0.4, -0.2) is 44.2 Å². The Morgan fingerprint density at radius 3 is 2.67 bits per heavy atom. The number of methoxy groups -OCH3 is 2. The SMILES string of the molecule is COc1ccc(C[C@H]2CN(C(=O)C3=CCCC3)CC[C@H]2OC)cc1. The van der Waals surface area contributed by atoms with E-state index in [4.69, 9.17) is 9.47 Å². The summed E-state index contributed by atoms with van der Waals surface area (Å²) in [6, 6.07) is 8.19. The van der Waals surface area contributed by atoms with Crippen molar-refractivity contribution in [2.75, 3.05) is 27.3 Å². The Morgan fingerprint density at radius 2 is 2.04 bits per heavy atom. The summed E-state index contributed by atoms with van der Waals surface area (Å²) >= 11 is 0. The molecule has 1 aromatic carbocycles. The van der Waals surface area contributed by atoms with Gasteiger partial charge in [0.1, 0.15) is 5.75 Å². The van der Waals surface area contributed by atoms with Crippen LogP contribution in [0, 0.1) is 5.92 Å². The van der Waals surface area contributed by atoms with Crippen molar-refractivity contribution in [3.63, 3.8) is 0 Å². The fourth-order valence-electron chi connectivity index (χ4n) is 3.83. The van der Waals surface area contributed by atoms with Crippen LogP contribution in [0.1, 0.15) is 31.2 Å². The zero-order valence-corrected chi connectivity index (χ0v) is 14.7. The number of nitrogens with zero attached hydrogens (tertiary/aromatic N) is 1. The lowest BCUT2D eigenvalue weighted by Crippen LogP contribution is -2.47. The standard InChI is InChI=1S/C20H27NO3/c1-23-18-9-7-15(8-10-18)13-17-14-21(12-11-19(17)24-2)20(22)16-5-3-4-6-16/h5,7-10,17,19H,3-4,6,11-14H2,1-2H3/t17-,19+/m0/s1. The lowest BCUT2D eigenvalue weighted by Gasteiger charge is -2.38. The van der Waals surface area contributed by atoms with E-state index >= 15 is 0 Å². The molecule has 1 saturated heterocycles. The van der Waals surface area contributed by atoms with E-state index in [1.807, 2.05) is 17.0 Å². The molecule has 0 saturated carbocycles. The zero-order valence-electron chi connectivity index (χ0n) is 14.7. The lowest BCUT2D eigenvalue weighted by atomic mass is 9.88. The second-order valence-corrected chi connectivity index (χ2v) is 6.75. The van der Waals surface area contributed by atoms with E-state index < -0.39 is 0 Å². The van der Waals surface area contributed by atoms with Crippen molar-refractivity contribution in [1.29, 1.82) is 0 Å². The molecule has 0 aromatic heterocycles. The molecule has 2 atom stereocenters. The van der Waals surface area contributed by atoms with Crippen LogP contribution in [0.3, 0.4) is 0 Å². The third-order valence-electron chi connectivity index (χ3n) is 5.23. The van der Waals surface area contributed by atoms with E-state index in [-0.39, 0.29) is 12.0 Å². The Hall–Kier alpha value is -1.81. The molecular weight excluding hydrogens is 302 g/mol. The van der Waals surface area contributed by atoms with Gasteiger partial charge in [-0.2, -0.15) is 0 Å². The molecule has 1 heterocycles. The number of hydrogen-bond donors (Lipinski definition) is 0. The Balaban J connectivity index is 1.67. The molecule has 1 amide bonds. The second kappa shape index (κ2) is 7.84. The predicted octanol–water partition coefficient (Wildman–Crippen LogP) is 3.21.